The third kappa shape index (κ3) is 4.26. The van der Waals surface area contributed by atoms with E-state index >= 15 is 0 Å². The Balaban J connectivity index is 2.06. The number of likely N-dealkylation sites (tertiary alicyclic amines) is 1. The van der Waals surface area contributed by atoms with Gasteiger partial charge < -0.3 is 10.0 Å². The van der Waals surface area contributed by atoms with Crippen molar-refractivity contribution in [3.63, 3.8) is 0 Å². The third-order valence-corrected chi connectivity index (χ3v) is 5.07. The Bertz CT molecular complexity index is 609. The molecule has 1 aromatic carbocycles. The number of carboxylic acids is 1. The molecule has 1 fully saturated rings. The van der Waals surface area contributed by atoms with Crippen molar-refractivity contribution in [2.75, 3.05) is 19.6 Å². The molecule has 0 amide bonds. The molecule has 2 N–H and O–H groups in total. The van der Waals surface area contributed by atoms with Crippen molar-refractivity contribution < 1.29 is 18.3 Å². The second-order valence-corrected chi connectivity index (χ2v) is 7.08. The smallest absolute Gasteiger partial charge is 0.335 e. The largest absolute Gasteiger partial charge is 0.478 e. The topological polar surface area (TPSA) is 86.7 Å². The number of carbonyl (C=O) groups is 1. The van der Waals surface area contributed by atoms with Gasteiger partial charge in [0.2, 0.25) is 10.0 Å². The average Bonchev–Trinajstić information content (AvgIpc) is 2.91. The molecule has 2 rings (SSSR count). The maximum absolute atomic E-state index is 12.3. The van der Waals surface area contributed by atoms with E-state index < -0.39 is 16.0 Å². The molecule has 6 nitrogen and oxygen atoms in total. The SMILES string of the molecule is CC(CN1CCCC1)NS(=O)(=O)c1cccc(C(=O)O)c1. The van der Waals surface area contributed by atoms with Gasteiger partial charge in [0.1, 0.15) is 0 Å². The number of sulfonamides is 1. The highest BCUT2D eigenvalue weighted by Crippen LogP contribution is 2.13. The standard InChI is InChI=1S/C14H20N2O4S/c1-11(10-16-7-2-3-8-16)15-21(19,20)13-6-4-5-12(9-13)14(17)18/h4-6,9,11,15H,2-3,7-8,10H2,1H3,(H,17,18). The van der Waals surface area contributed by atoms with Crippen molar-refractivity contribution in [3.8, 4) is 0 Å². The highest BCUT2D eigenvalue weighted by atomic mass is 32.2. The second-order valence-electron chi connectivity index (χ2n) is 5.36. The molecule has 0 aromatic heterocycles. The molecule has 0 spiro atoms. The van der Waals surface area contributed by atoms with E-state index in [1.165, 1.54) is 24.3 Å². The van der Waals surface area contributed by atoms with Crippen molar-refractivity contribution in [1.82, 2.24) is 9.62 Å². The summed E-state index contributed by atoms with van der Waals surface area (Å²) < 4.78 is 27.1. The van der Waals surface area contributed by atoms with Crippen LogP contribution in [-0.2, 0) is 10.0 Å². The Labute approximate surface area is 124 Å². The van der Waals surface area contributed by atoms with E-state index in [-0.39, 0.29) is 16.5 Å². The molecule has 1 heterocycles. The minimum Gasteiger partial charge on any atom is -0.478 e. The highest BCUT2D eigenvalue weighted by molar-refractivity contribution is 7.89. The summed E-state index contributed by atoms with van der Waals surface area (Å²) in [5.41, 5.74) is -0.0370. The van der Waals surface area contributed by atoms with Crippen LogP contribution in [0.1, 0.15) is 30.1 Å². The van der Waals surface area contributed by atoms with Crippen molar-refractivity contribution in [3.05, 3.63) is 29.8 Å². The molecule has 116 valence electrons. The van der Waals surface area contributed by atoms with E-state index in [1.807, 2.05) is 6.92 Å². The van der Waals surface area contributed by atoms with Crippen molar-refractivity contribution in [2.24, 2.45) is 0 Å². The molecule has 1 saturated heterocycles. The Morgan fingerprint density at radius 1 is 1.38 bits per heavy atom. The van der Waals surface area contributed by atoms with Crippen LogP contribution in [0.15, 0.2) is 29.2 Å². The van der Waals surface area contributed by atoms with Crippen LogP contribution >= 0.6 is 0 Å². The number of nitrogens with zero attached hydrogens (tertiary/aromatic N) is 1. The highest BCUT2D eigenvalue weighted by Gasteiger charge is 2.21. The number of carboxylic acid groups (broad SMARTS) is 1. The van der Waals surface area contributed by atoms with Gasteiger partial charge >= 0.3 is 5.97 Å². The van der Waals surface area contributed by atoms with Gasteiger partial charge in [-0.1, -0.05) is 6.07 Å². The Kier molecular flexibility index (Phi) is 4.97. The quantitative estimate of drug-likeness (QED) is 0.823. The summed E-state index contributed by atoms with van der Waals surface area (Å²) >= 11 is 0. The fourth-order valence-electron chi connectivity index (χ4n) is 2.52. The monoisotopic (exact) mass is 312 g/mol. The molecule has 1 unspecified atom stereocenters. The number of nitrogens with one attached hydrogen (secondary N) is 1. The van der Waals surface area contributed by atoms with Gasteiger partial charge in [0, 0.05) is 12.6 Å². The molecule has 0 aliphatic carbocycles. The minimum atomic E-state index is -3.70. The number of rotatable bonds is 6. The summed E-state index contributed by atoms with van der Waals surface area (Å²) in [7, 11) is -3.70. The van der Waals surface area contributed by atoms with Gasteiger partial charge in [-0.25, -0.2) is 17.9 Å². The Hall–Kier alpha value is -1.44. The van der Waals surface area contributed by atoms with E-state index in [4.69, 9.17) is 5.11 Å². The Morgan fingerprint density at radius 3 is 2.67 bits per heavy atom. The first-order valence-electron chi connectivity index (χ1n) is 6.96. The zero-order valence-electron chi connectivity index (χ0n) is 11.9. The van der Waals surface area contributed by atoms with Gasteiger partial charge in [-0.3, -0.25) is 0 Å². The molecule has 1 aliphatic rings. The molecule has 1 aliphatic heterocycles. The van der Waals surface area contributed by atoms with Crippen LogP contribution in [0.25, 0.3) is 0 Å². The molecule has 7 heteroatoms. The second kappa shape index (κ2) is 6.55. The van der Waals surface area contributed by atoms with Crippen LogP contribution in [0.5, 0.6) is 0 Å². The number of benzene rings is 1. The summed E-state index contributed by atoms with van der Waals surface area (Å²) in [6, 6.07) is 5.16. The van der Waals surface area contributed by atoms with Crippen molar-refractivity contribution >= 4 is 16.0 Å². The molecule has 1 atom stereocenters. The summed E-state index contributed by atoms with van der Waals surface area (Å²) in [6.45, 7) is 4.48. The van der Waals surface area contributed by atoms with E-state index in [0.29, 0.717) is 6.54 Å². The summed E-state index contributed by atoms with van der Waals surface area (Å²) in [5.74, 6) is -1.14. The molecular formula is C14H20N2O4S. The van der Waals surface area contributed by atoms with Crippen LogP contribution in [0.2, 0.25) is 0 Å². The van der Waals surface area contributed by atoms with Gasteiger partial charge in [-0.05, 0) is 51.1 Å². The van der Waals surface area contributed by atoms with Gasteiger partial charge in [-0.2, -0.15) is 0 Å². The molecule has 1 aromatic rings. The fraction of sp³-hybridized carbons (Fsp3) is 0.500. The first kappa shape index (κ1) is 15.9. The van der Waals surface area contributed by atoms with Crippen LogP contribution in [0, 0.1) is 0 Å². The molecular weight excluding hydrogens is 292 g/mol. The molecule has 21 heavy (non-hydrogen) atoms. The van der Waals surface area contributed by atoms with Crippen molar-refractivity contribution in [2.45, 2.75) is 30.7 Å². The normalized spacial score (nSPS) is 17.8. The van der Waals surface area contributed by atoms with Crippen LogP contribution < -0.4 is 4.72 Å². The lowest BCUT2D eigenvalue weighted by molar-refractivity contribution is 0.0696. The molecule has 0 saturated carbocycles. The summed E-state index contributed by atoms with van der Waals surface area (Å²) in [5, 5.41) is 8.92. The number of hydrogen-bond donors (Lipinski definition) is 2. The maximum Gasteiger partial charge on any atom is 0.335 e. The first-order chi connectivity index (χ1) is 9.88. The fourth-order valence-corrected chi connectivity index (χ4v) is 3.80. The predicted octanol–water partition coefficient (Wildman–Crippen LogP) is 1.15. The minimum absolute atomic E-state index is 0.0179. The van der Waals surface area contributed by atoms with Crippen LogP contribution in [-0.4, -0.2) is 50.1 Å². The van der Waals surface area contributed by atoms with E-state index in [0.717, 1.165) is 25.9 Å². The summed E-state index contributed by atoms with van der Waals surface area (Å²) in [4.78, 5) is 13.1. The average molecular weight is 312 g/mol. The maximum atomic E-state index is 12.3. The lowest BCUT2D eigenvalue weighted by atomic mass is 10.2. The lowest BCUT2D eigenvalue weighted by Gasteiger charge is -2.21. The lowest BCUT2D eigenvalue weighted by Crippen LogP contribution is -2.41. The van der Waals surface area contributed by atoms with E-state index in [9.17, 15) is 13.2 Å². The van der Waals surface area contributed by atoms with Crippen LogP contribution in [0.4, 0.5) is 0 Å². The van der Waals surface area contributed by atoms with Gasteiger partial charge in [0.05, 0.1) is 10.5 Å². The number of aromatic carboxylic acids is 1. The Morgan fingerprint density at radius 2 is 2.05 bits per heavy atom. The zero-order valence-corrected chi connectivity index (χ0v) is 12.8. The van der Waals surface area contributed by atoms with Crippen LogP contribution in [0.3, 0.4) is 0 Å². The van der Waals surface area contributed by atoms with Gasteiger partial charge in [0.15, 0.2) is 0 Å². The molecule has 0 bridgehead atoms. The predicted molar refractivity (Wildman–Crippen MR) is 78.9 cm³/mol. The number of hydrogen-bond acceptors (Lipinski definition) is 4. The third-order valence-electron chi connectivity index (χ3n) is 3.48. The first-order valence-corrected chi connectivity index (χ1v) is 8.45. The van der Waals surface area contributed by atoms with E-state index in [1.54, 1.807) is 0 Å². The van der Waals surface area contributed by atoms with Gasteiger partial charge in [-0.15, -0.1) is 0 Å². The van der Waals surface area contributed by atoms with E-state index in [2.05, 4.69) is 9.62 Å². The van der Waals surface area contributed by atoms with Gasteiger partial charge in [0.25, 0.3) is 0 Å². The zero-order chi connectivity index (χ0) is 15.5. The van der Waals surface area contributed by atoms with Crippen molar-refractivity contribution in [1.29, 1.82) is 0 Å². The molecule has 0 radical (unpaired) electrons. The summed E-state index contributed by atoms with van der Waals surface area (Å²) in [6.07, 6.45) is 2.31.